The van der Waals surface area contributed by atoms with Crippen LogP contribution in [0.3, 0.4) is 0 Å². The van der Waals surface area contributed by atoms with E-state index in [1.807, 2.05) is 13.0 Å². The highest BCUT2D eigenvalue weighted by molar-refractivity contribution is 4.68. The predicted molar refractivity (Wildman–Crippen MR) is 98.9 cm³/mol. The summed E-state index contributed by atoms with van der Waals surface area (Å²) in [5, 5.41) is 8.85. The zero-order valence-electron chi connectivity index (χ0n) is 15.8. The second-order valence-corrected chi connectivity index (χ2v) is 7.10. The van der Waals surface area contributed by atoms with Gasteiger partial charge in [-0.1, -0.05) is 38.2 Å². The molecule has 23 heavy (non-hydrogen) atoms. The van der Waals surface area contributed by atoms with Gasteiger partial charge in [0.2, 0.25) is 0 Å². The lowest BCUT2D eigenvalue weighted by atomic mass is 10.1. The van der Waals surface area contributed by atoms with Crippen LogP contribution in [0.1, 0.15) is 85.0 Å². The van der Waals surface area contributed by atoms with Crippen LogP contribution in [-0.4, -0.2) is 36.6 Å². The van der Waals surface area contributed by atoms with Crippen LogP contribution in [0.15, 0.2) is 12.7 Å². The van der Waals surface area contributed by atoms with Crippen LogP contribution in [0.5, 0.6) is 0 Å². The number of aliphatic hydroxyl groups is 1. The van der Waals surface area contributed by atoms with Gasteiger partial charge < -0.3 is 14.6 Å². The second-order valence-electron chi connectivity index (χ2n) is 7.10. The minimum Gasteiger partial charge on any atom is -0.396 e. The fraction of sp³-hybridized carbons (Fsp3) is 0.900. The molecule has 0 bridgehead atoms. The Hall–Kier alpha value is -0.380. The van der Waals surface area contributed by atoms with Crippen molar-refractivity contribution in [2.75, 3.05) is 19.8 Å². The molecule has 0 rings (SSSR count). The summed E-state index contributed by atoms with van der Waals surface area (Å²) < 4.78 is 11.7. The molecule has 1 unspecified atom stereocenters. The van der Waals surface area contributed by atoms with Gasteiger partial charge in [0.15, 0.2) is 0 Å². The summed E-state index contributed by atoms with van der Waals surface area (Å²) in [4.78, 5) is 0. The smallest absolute Gasteiger partial charge is 0.0648 e. The zero-order valence-corrected chi connectivity index (χ0v) is 15.8. The highest BCUT2D eigenvalue weighted by atomic mass is 16.5. The monoisotopic (exact) mass is 328 g/mol. The van der Waals surface area contributed by atoms with Gasteiger partial charge in [0, 0.05) is 19.8 Å². The van der Waals surface area contributed by atoms with Crippen LogP contribution in [0.25, 0.3) is 0 Å². The Morgan fingerprint density at radius 3 is 2.22 bits per heavy atom. The molecule has 138 valence electrons. The zero-order chi connectivity index (χ0) is 17.4. The Balaban J connectivity index is 3.42. The second kappa shape index (κ2) is 15.2. The van der Waals surface area contributed by atoms with Crippen LogP contribution in [0.4, 0.5) is 0 Å². The number of unbranched alkanes of at least 4 members (excludes halogenated alkanes) is 7. The van der Waals surface area contributed by atoms with Crippen molar-refractivity contribution in [1.29, 1.82) is 0 Å². The normalized spacial score (nSPS) is 13.2. The van der Waals surface area contributed by atoms with Gasteiger partial charge in [-0.15, -0.1) is 6.58 Å². The third-order valence-corrected chi connectivity index (χ3v) is 4.19. The third kappa shape index (κ3) is 16.3. The van der Waals surface area contributed by atoms with E-state index in [0.717, 1.165) is 25.9 Å². The first kappa shape index (κ1) is 22.6. The largest absolute Gasteiger partial charge is 0.396 e. The van der Waals surface area contributed by atoms with E-state index in [4.69, 9.17) is 14.6 Å². The van der Waals surface area contributed by atoms with E-state index >= 15 is 0 Å². The molecule has 0 fully saturated rings. The van der Waals surface area contributed by atoms with Crippen molar-refractivity contribution in [3.8, 4) is 0 Å². The highest BCUT2D eigenvalue weighted by Gasteiger charge is 2.18. The predicted octanol–water partition coefficient (Wildman–Crippen LogP) is 5.27. The average molecular weight is 329 g/mol. The van der Waals surface area contributed by atoms with E-state index < -0.39 is 0 Å². The molecule has 0 heterocycles. The number of allylic oxidation sites excluding steroid dienone is 1. The summed E-state index contributed by atoms with van der Waals surface area (Å²) in [5.74, 6) is 0. The summed E-state index contributed by atoms with van der Waals surface area (Å²) in [7, 11) is 0. The highest BCUT2D eigenvalue weighted by Crippen LogP contribution is 2.17. The van der Waals surface area contributed by atoms with E-state index in [9.17, 15) is 0 Å². The van der Waals surface area contributed by atoms with E-state index in [1.54, 1.807) is 0 Å². The van der Waals surface area contributed by atoms with Crippen LogP contribution in [-0.2, 0) is 9.47 Å². The summed E-state index contributed by atoms with van der Waals surface area (Å²) in [6.07, 6.45) is 14.0. The lowest BCUT2D eigenvalue weighted by molar-refractivity contribution is -0.0520. The fourth-order valence-electron chi connectivity index (χ4n) is 2.47. The molecule has 0 saturated heterocycles. The fourth-order valence-corrected chi connectivity index (χ4v) is 2.47. The summed E-state index contributed by atoms with van der Waals surface area (Å²) in [6, 6.07) is 0. The summed E-state index contributed by atoms with van der Waals surface area (Å²) in [5.41, 5.74) is -0.121. The minimum atomic E-state index is -0.121. The molecule has 0 aromatic carbocycles. The molecule has 0 aromatic heterocycles. The maximum atomic E-state index is 8.85. The van der Waals surface area contributed by atoms with Crippen molar-refractivity contribution >= 4 is 0 Å². The Morgan fingerprint density at radius 2 is 1.61 bits per heavy atom. The number of rotatable bonds is 17. The van der Waals surface area contributed by atoms with Crippen molar-refractivity contribution in [3.63, 3.8) is 0 Å². The van der Waals surface area contributed by atoms with E-state index in [0.29, 0.717) is 13.0 Å². The molecule has 3 heteroatoms. The molecule has 3 nitrogen and oxygen atoms in total. The number of hydrogen-bond donors (Lipinski definition) is 1. The molecule has 0 aromatic rings. The topological polar surface area (TPSA) is 38.7 Å². The average Bonchev–Trinajstić information content (AvgIpc) is 2.49. The maximum Gasteiger partial charge on any atom is 0.0648 e. The van der Waals surface area contributed by atoms with E-state index in [2.05, 4.69) is 20.4 Å². The molecule has 0 saturated carbocycles. The molecule has 0 radical (unpaired) electrons. The van der Waals surface area contributed by atoms with E-state index in [1.165, 1.54) is 38.5 Å². The molecule has 0 aliphatic heterocycles. The first-order valence-corrected chi connectivity index (χ1v) is 9.49. The Kier molecular flexibility index (Phi) is 14.9. The molecule has 1 atom stereocenters. The number of aliphatic hydroxyl groups excluding tert-OH is 1. The maximum absolute atomic E-state index is 8.85. The van der Waals surface area contributed by atoms with Crippen molar-refractivity contribution < 1.29 is 14.6 Å². The number of hydrogen-bond acceptors (Lipinski definition) is 3. The quantitative estimate of drug-likeness (QED) is 0.292. The Bertz CT molecular complexity index is 264. The van der Waals surface area contributed by atoms with Crippen LogP contribution in [0, 0.1) is 0 Å². The van der Waals surface area contributed by atoms with Gasteiger partial charge in [-0.05, 0) is 52.9 Å². The first-order chi connectivity index (χ1) is 11.0. The van der Waals surface area contributed by atoms with E-state index in [-0.39, 0.29) is 18.3 Å². The van der Waals surface area contributed by atoms with Gasteiger partial charge in [-0.25, -0.2) is 0 Å². The van der Waals surface area contributed by atoms with Crippen molar-refractivity contribution in [2.24, 2.45) is 0 Å². The van der Waals surface area contributed by atoms with Crippen molar-refractivity contribution in [2.45, 2.75) is 96.7 Å². The van der Waals surface area contributed by atoms with Gasteiger partial charge in [0.1, 0.15) is 0 Å². The molecule has 0 spiro atoms. The van der Waals surface area contributed by atoms with Gasteiger partial charge >= 0.3 is 0 Å². The minimum absolute atomic E-state index is 0.121. The summed E-state index contributed by atoms with van der Waals surface area (Å²) in [6.45, 7) is 11.7. The number of ether oxygens (including phenoxy) is 2. The lowest BCUT2D eigenvalue weighted by Crippen LogP contribution is -2.28. The molecular formula is C20H40O3. The van der Waals surface area contributed by atoms with Crippen LogP contribution < -0.4 is 0 Å². The van der Waals surface area contributed by atoms with Crippen LogP contribution in [0.2, 0.25) is 0 Å². The van der Waals surface area contributed by atoms with Gasteiger partial charge in [0.25, 0.3) is 0 Å². The molecule has 0 aliphatic carbocycles. The van der Waals surface area contributed by atoms with Crippen LogP contribution >= 0.6 is 0 Å². The molecule has 0 amide bonds. The Labute approximate surface area is 144 Å². The van der Waals surface area contributed by atoms with Crippen molar-refractivity contribution in [3.05, 3.63) is 12.7 Å². The lowest BCUT2D eigenvalue weighted by Gasteiger charge is -2.26. The summed E-state index contributed by atoms with van der Waals surface area (Å²) >= 11 is 0. The molecule has 0 aliphatic rings. The SMILES string of the molecule is C=CCCCCCCCCCOC(C)(C)CCOC(C)CCO. The Morgan fingerprint density at radius 1 is 1.00 bits per heavy atom. The molecular weight excluding hydrogens is 288 g/mol. The molecule has 1 N–H and O–H groups in total. The standard InChI is InChI=1S/C20H40O3/c1-5-6-7-8-9-10-11-12-13-17-23-20(3,4)15-18-22-19(2)14-16-21/h5,19,21H,1,6-18H2,2-4H3. The van der Waals surface area contributed by atoms with Gasteiger partial charge in [-0.2, -0.15) is 0 Å². The van der Waals surface area contributed by atoms with Gasteiger partial charge in [0.05, 0.1) is 11.7 Å². The van der Waals surface area contributed by atoms with Gasteiger partial charge in [-0.3, -0.25) is 0 Å². The first-order valence-electron chi connectivity index (χ1n) is 9.49. The third-order valence-electron chi connectivity index (χ3n) is 4.19. The van der Waals surface area contributed by atoms with Crippen molar-refractivity contribution in [1.82, 2.24) is 0 Å².